The SMILES string of the molecule is COc1cc(/C=C/C(=O)CC(=O)/C=C/c2ccc(OC(C)=O)c(OC)c2)ccc1O. The van der Waals surface area contributed by atoms with E-state index in [-0.39, 0.29) is 29.5 Å². The monoisotopic (exact) mass is 410 g/mol. The molecular formula is C23H22O7. The highest BCUT2D eigenvalue weighted by atomic mass is 16.6. The normalized spacial score (nSPS) is 10.9. The van der Waals surface area contributed by atoms with E-state index < -0.39 is 5.97 Å². The molecule has 0 fully saturated rings. The second kappa shape index (κ2) is 10.6. The highest BCUT2D eigenvalue weighted by Crippen LogP contribution is 2.29. The summed E-state index contributed by atoms with van der Waals surface area (Å²) < 4.78 is 15.2. The van der Waals surface area contributed by atoms with Crippen molar-refractivity contribution in [1.82, 2.24) is 0 Å². The summed E-state index contributed by atoms with van der Waals surface area (Å²) in [6.45, 7) is 1.29. The van der Waals surface area contributed by atoms with Gasteiger partial charge in [-0.2, -0.15) is 0 Å². The lowest BCUT2D eigenvalue weighted by molar-refractivity contribution is -0.132. The second-order valence-electron chi connectivity index (χ2n) is 6.21. The van der Waals surface area contributed by atoms with Crippen molar-refractivity contribution in [2.45, 2.75) is 13.3 Å². The first-order chi connectivity index (χ1) is 14.3. The Morgan fingerprint density at radius 2 is 1.37 bits per heavy atom. The zero-order chi connectivity index (χ0) is 22.1. The van der Waals surface area contributed by atoms with Crippen molar-refractivity contribution in [2.24, 2.45) is 0 Å². The fourth-order valence-electron chi connectivity index (χ4n) is 2.49. The molecule has 2 rings (SSSR count). The number of carbonyl (C=O) groups is 3. The van der Waals surface area contributed by atoms with Crippen molar-refractivity contribution in [3.8, 4) is 23.0 Å². The number of hydrogen-bond acceptors (Lipinski definition) is 7. The number of benzene rings is 2. The molecule has 0 aliphatic heterocycles. The number of methoxy groups -OCH3 is 2. The van der Waals surface area contributed by atoms with E-state index in [9.17, 15) is 19.5 Å². The van der Waals surface area contributed by atoms with E-state index in [1.165, 1.54) is 39.4 Å². The Morgan fingerprint density at radius 3 is 1.90 bits per heavy atom. The van der Waals surface area contributed by atoms with Crippen LogP contribution in [0.2, 0.25) is 0 Å². The van der Waals surface area contributed by atoms with Crippen LogP contribution < -0.4 is 14.2 Å². The van der Waals surface area contributed by atoms with Gasteiger partial charge in [0, 0.05) is 6.92 Å². The largest absolute Gasteiger partial charge is 0.504 e. The quantitative estimate of drug-likeness (QED) is 0.292. The average molecular weight is 410 g/mol. The molecular weight excluding hydrogens is 388 g/mol. The summed E-state index contributed by atoms with van der Waals surface area (Å²) in [7, 11) is 2.87. The lowest BCUT2D eigenvalue weighted by atomic mass is 10.1. The molecule has 0 spiro atoms. The van der Waals surface area contributed by atoms with Crippen LogP contribution >= 0.6 is 0 Å². The van der Waals surface area contributed by atoms with E-state index in [1.807, 2.05) is 0 Å². The van der Waals surface area contributed by atoms with Crippen LogP contribution in [0.1, 0.15) is 24.5 Å². The van der Waals surface area contributed by atoms with Gasteiger partial charge in [0.1, 0.15) is 0 Å². The fourth-order valence-corrected chi connectivity index (χ4v) is 2.49. The third-order valence-corrected chi connectivity index (χ3v) is 3.92. The summed E-state index contributed by atoms with van der Waals surface area (Å²) in [6, 6.07) is 9.48. The summed E-state index contributed by atoms with van der Waals surface area (Å²) in [5.74, 6) is -0.278. The number of ketones is 2. The Hall–Kier alpha value is -3.87. The van der Waals surface area contributed by atoms with Crippen LogP contribution in [0.5, 0.6) is 23.0 Å². The molecule has 0 bridgehead atoms. The molecule has 7 nitrogen and oxygen atoms in total. The number of ether oxygens (including phenoxy) is 3. The number of rotatable bonds is 9. The molecule has 30 heavy (non-hydrogen) atoms. The van der Waals surface area contributed by atoms with Gasteiger partial charge in [0.15, 0.2) is 34.6 Å². The van der Waals surface area contributed by atoms with Crippen LogP contribution in [-0.2, 0) is 14.4 Å². The van der Waals surface area contributed by atoms with Gasteiger partial charge in [0.05, 0.1) is 20.6 Å². The molecule has 0 unspecified atom stereocenters. The summed E-state index contributed by atoms with van der Waals surface area (Å²) in [5.41, 5.74) is 1.30. The van der Waals surface area contributed by atoms with Crippen LogP contribution in [0.4, 0.5) is 0 Å². The van der Waals surface area contributed by atoms with Crippen molar-refractivity contribution in [2.75, 3.05) is 14.2 Å². The van der Waals surface area contributed by atoms with Crippen molar-refractivity contribution in [3.63, 3.8) is 0 Å². The number of aromatic hydroxyl groups is 1. The molecule has 1 N–H and O–H groups in total. The molecule has 0 atom stereocenters. The molecule has 2 aromatic carbocycles. The Labute approximate surface area is 174 Å². The van der Waals surface area contributed by atoms with Gasteiger partial charge in [-0.1, -0.05) is 24.3 Å². The molecule has 0 radical (unpaired) electrons. The topological polar surface area (TPSA) is 99.1 Å². The van der Waals surface area contributed by atoms with Crippen molar-refractivity contribution < 1.29 is 33.7 Å². The summed E-state index contributed by atoms with van der Waals surface area (Å²) in [6.07, 6.45) is 5.40. The zero-order valence-corrected chi connectivity index (χ0v) is 16.9. The van der Waals surface area contributed by atoms with Crippen LogP contribution in [0.25, 0.3) is 12.2 Å². The average Bonchev–Trinajstić information content (AvgIpc) is 2.72. The molecule has 0 saturated heterocycles. The van der Waals surface area contributed by atoms with E-state index in [0.717, 1.165) is 0 Å². The Morgan fingerprint density at radius 1 is 0.833 bits per heavy atom. The van der Waals surface area contributed by atoms with Gasteiger partial charge in [-0.15, -0.1) is 0 Å². The zero-order valence-electron chi connectivity index (χ0n) is 16.9. The highest BCUT2D eigenvalue weighted by Gasteiger charge is 2.08. The summed E-state index contributed by atoms with van der Waals surface area (Å²) >= 11 is 0. The first-order valence-electron chi connectivity index (χ1n) is 8.97. The van der Waals surface area contributed by atoms with Crippen molar-refractivity contribution >= 4 is 29.7 Å². The van der Waals surface area contributed by atoms with Gasteiger partial charge in [-0.05, 0) is 47.5 Å². The molecule has 0 heterocycles. The summed E-state index contributed by atoms with van der Waals surface area (Å²) in [4.78, 5) is 35.2. The van der Waals surface area contributed by atoms with Gasteiger partial charge < -0.3 is 19.3 Å². The Bertz CT molecular complexity index is 1000. The predicted octanol–water partition coefficient (Wildman–Crippen LogP) is 3.59. The molecule has 0 saturated carbocycles. The van der Waals surface area contributed by atoms with Crippen LogP contribution in [0.15, 0.2) is 48.6 Å². The number of allylic oxidation sites excluding steroid dienone is 2. The Balaban J connectivity index is 1.98. The third kappa shape index (κ3) is 6.63. The molecule has 0 aliphatic carbocycles. The maximum atomic E-state index is 12.1. The highest BCUT2D eigenvalue weighted by molar-refractivity contribution is 6.10. The van der Waals surface area contributed by atoms with E-state index >= 15 is 0 Å². The molecule has 7 heteroatoms. The lowest BCUT2D eigenvalue weighted by Crippen LogP contribution is -2.03. The number of hydrogen-bond donors (Lipinski definition) is 1. The standard InChI is InChI=1S/C23H22O7/c1-15(24)30-21-11-7-17(13-23(21)29-3)5-9-19(26)14-18(25)8-4-16-6-10-20(27)22(12-16)28-2/h4-13,27H,14H2,1-3H3/b8-4+,9-5+. The minimum atomic E-state index is -0.468. The van der Waals surface area contributed by atoms with E-state index in [0.29, 0.717) is 22.6 Å². The molecule has 2 aromatic rings. The van der Waals surface area contributed by atoms with Gasteiger partial charge >= 0.3 is 5.97 Å². The van der Waals surface area contributed by atoms with Crippen molar-refractivity contribution in [3.05, 3.63) is 59.7 Å². The van der Waals surface area contributed by atoms with Crippen molar-refractivity contribution in [1.29, 1.82) is 0 Å². The number of esters is 1. The number of phenolic OH excluding ortho intramolecular Hbond substituents is 1. The number of phenols is 1. The van der Waals surface area contributed by atoms with Crippen LogP contribution in [0.3, 0.4) is 0 Å². The first-order valence-corrected chi connectivity index (χ1v) is 8.97. The van der Waals surface area contributed by atoms with E-state index in [4.69, 9.17) is 14.2 Å². The van der Waals surface area contributed by atoms with Crippen LogP contribution in [0, 0.1) is 0 Å². The molecule has 156 valence electrons. The van der Waals surface area contributed by atoms with E-state index in [1.54, 1.807) is 42.5 Å². The molecule has 0 aliphatic rings. The summed E-state index contributed by atoms with van der Waals surface area (Å²) in [5, 5.41) is 9.57. The first kappa shape index (κ1) is 22.4. The Kier molecular flexibility index (Phi) is 7.93. The lowest BCUT2D eigenvalue weighted by Gasteiger charge is -2.08. The van der Waals surface area contributed by atoms with Gasteiger partial charge in [-0.3, -0.25) is 14.4 Å². The van der Waals surface area contributed by atoms with Gasteiger partial charge in [-0.25, -0.2) is 0 Å². The van der Waals surface area contributed by atoms with Gasteiger partial charge in [0.2, 0.25) is 0 Å². The van der Waals surface area contributed by atoms with Gasteiger partial charge in [0.25, 0.3) is 0 Å². The predicted molar refractivity (Wildman–Crippen MR) is 112 cm³/mol. The number of carbonyl (C=O) groups excluding carboxylic acids is 3. The maximum absolute atomic E-state index is 12.1. The fraction of sp³-hybridized carbons (Fsp3) is 0.174. The minimum absolute atomic E-state index is 0.00110. The molecule has 0 amide bonds. The minimum Gasteiger partial charge on any atom is -0.504 e. The third-order valence-electron chi connectivity index (χ3n) is 3.92. The maximum Gasteiger partial charge on any atom is 0.308 e. The molecule has 0 aromatic heterocycles. The van der Waals surface area contributed by atoms with E-state index in [2.05, 4.69) is 0 Å². The van der Waals surface area contributed by atoms with Crippen LogP contribution in [-0.4, -0.2) is 36.9 Å². The smallest absolute Gasteiger partial charge is 0.308 e. The second-order valence-corrected chi connectivity index (χ2v) is 6.21.